The van der Waals surface area contributed by atoms with Crippen LogP contribution in [0.4, 0.5) is 0 Å². The molecule has 0 bridgehead atoms. The molecule has 20 heavy (non-hydrogen) atoms. The lowest BCUT2D eigenvalue weighted by atomic mass is 9.67. The van der Waals surface area contributed by atoms with Gasteiger partial charge in [-0.15, -0.1) is 0 Å². The van der Waals surface area contributed by atoms with Crippen LogP contribution in [0.2, 0.25) is 0 Å². The van der Waals surface area contributed by atoms with E-state index in [1.807, 2.05) is 0 Å². The fourth-order valence-corrected chi connectivity index (χ4v) is 3.96. The van der Waals surface area contributed by atoms with Crippen LogP contribution in [0.1, 0.15) is 38.7 Å². The molecule has 1 aromatic rings. The summed E-state index contributed by atoms with van der Waals surface area (Å²) in [6.45, 7) is 6.52. The van der Waals surface area contributed by atoms with Crippen molar-refractivity contribution in [3.8, 4) is 0 Å². The molecule has 3 unspecified atom stereocenters. The Bertz CT molecular complexity index is 496. The number of hydrogen-bond donors (Lipinski definition) is 1. The van der Waals surface area contributed by atoms with Crippen LogP contribution in [-0.4, -0.2) is 22.9 Å². The Labute approximate surface area is 121 Å². The number of nitrogens with zero attached hydrogens (tertiary/aromatic N) is 2. The van der Waals surface area contributed by atoms with Crippen LogP contribution in [0, 0.1) is 11.8 Å². The molecule has 1 aromatic carbocycles. The van der Waals surface area contributed by atoms with Gasteiger partial charge in [-0.2, -0.15) is 0 Å². The summed E-state index contributed by atoms with van der Waals surface area (Å²) in [4.78, 5) is 6.97. The fourth-order valence-electron chi connectivity index (χ4n) is 3.96. The van der Waals surface area contributed by atoms with Gasteiger partial charge in [0.2, 0.25) is 0 Å². The average molecular weight is 271 g/mol. The van der Waals surface area contributed by atoms with Gasteiger partial charge in [-0.3, -0.25) is 4.99 Å². The van der Waals surface area contributed by atoms with E-state index in [0.29, 0.717) is 5.92 Å². The monoisotopic (exact) mass is 271 g/mol. The Balaban J connectivity index is 1.88. The van der Waals surface area contributed by atoms with Crippen molar-refractivity contribution in [2.24, 2.45) is 22.6 Å². The van der Waals surface area contributed by atoms with E-state index >= 15 is 0 Å². The molecule has 1 heterocycles. The molecule has 108 valence electrons. The van der Waals surface area contributed by atoms with Crippen molar-refractivity contribution in [3.63, 3.8) is 0 Å². The summed E-state index contributed by atoms with van der Waals surface area (Å²) in [6, 6.07) is 10.6. The summed E-state index contributed by atoms with van der Waals surface area (Å²) in [7, 11) is 0. The maximum Gasteiger partial charge on any atom is 0.192 e. The second-order valence-electron chi connectivity index (χ2n) is 6.51. The molecule has 1 fully saturated rings. The molecule has 3 rings (SSSR count). The minimum absolute atomic E-state index is 0.150. The van der Waals surface area contributed by atoms with E-state index in [2.05, 4.69) is 54.1 Å². The van der Waals surface area contributed by atoms with Crippen LogP contribution in [0.5, 0.6) is 0 Å². The summed E-state index contributed by atoms with van der Waals surface area (Å²) >= 11 is 0. The highest BCUT2D eigenvalue weighted by Crippen LogP contribution is 2.44. The first-order valence-corrected chi connectivity index (χ1v) is 7.75. The maximum absolute atomic E-state index is 6.22. The third-order valence-corrected chi connectivity index (χ3v) is 5.48. The Hall–Kier alpha value is -1.51. The second-order valence-corrected chi connectivity index (χ2v) is 6.51. The van der Waals surface area contributed by atoms with Gasteiger partial charge in [0.25, 0.3) is 0 Å². The molecule has 2 N–H and O–H groups in total. The lowest BCUT2D eigenvalue weighted by Gasteiger charge is -2.49. The van der Waals surface area contributed by atoms with Crippen molar-refractivity contribution < 1.29 is 0 Å². The zero-order chi connectivity index (χ0) is 14.2. The summed E-state index contributed by atoms with van der Waals surface area (Å²) in [6.07, 6.45) is 3.84. The number of aliphatic imine (C=N–C) groups is 1. The number of nitrogens with two attached hydrogens (primary N) is 1. The van der Waals surface area contributed by atoms with Crippen LogP contribution in [-0.2, 0) is 6.54 Å². The van der Waals surface area contributed by atoms with Gasteiger partial charge >= 0.3 is 0 Å². The third kappa shape index (κ3) is 2.09. The normalized spacial score (nSPS) is 33.5. The lowest BCUT2D eigenvalue weighted by Crippen LogP contribution is -2.58. The van der Waals surface area contributed by atoms with Crippen molar-refractivity contribution in [1.29, 1.82) is 0 Å². The van der Waals surface area contributed by atoms with E-state index < -0.39 is 0 Å². The minimum atomic E-state index is 0.150. The summed E-state index contributed by atoms with van der Waals surface area (Å²) < 4.78 is 0. The molecule has 1 aliphatic heterocycles. The number of benzene rings is 1. The summed E-state index contributed by atoms with van der Waals surface area (Å²) in [5.41, 5.74) is 7.68. The van der Waals surface area contributed by atoms with Gasteiger partial charge in [-0.1, -0.05) is 57.0 Å². The van der Waals surface area contributed by atoms with Gasteiger partial charge in [0, 0.05) is 6.54 Å². The molecule has 1 spiro atoms. The van der Waals surface area contributed by atoms with Gasteiger partial charge in [0.15, 0.2) is 5.96 Å². The molecule has 3 atom stereocenters. The lowest BCUT2D eigenvalue weighted by molar-refractivity contribution is 0.0438. The van der Waals surface area contributed by atoms with E-state index in [1.165, 1.54) is 24.8 Å². The predicted octanol–water partition coefficient (Wildman–Crippen LogP) is 3.01. The molecular weight excluding hydrogens is 246 g/mol. The van der Waals surface area contributed by atoms with E-state index in [4.69, 9.17) is 5.73 Å². The van der Waals surface area contributed by atoms with Crippen LogP contribution < -0.4 is 5.73 Å². The Morgan fingerprint density at radius 1 is 1.30 bits per heavy atom. The minimum Gasteiger partial charge on any atom is -0.370 e. The Morgan fingerprint density at radius 2 is 2.05 bits per heavy atom. The molecule has 3 nitrogen and oxygen atoms in total. The first-order chi connectivity index (χ1) is 9.63. The standard InChI is InChI=1S/C17H25N3/c1-13-7-6-10-17(14(13)2)12-19-16(18)20(17)11-15-8-4-3-5-9-15/h3-5,8-9,13-14H,6-7,10-12H2,1-2H3,(H2,18,19). The van der Waals surface area contributed by atoms with Gasteiger partial charge in [0.05, 0.1) is 12.1 Å². The zero-order valence-corrected chi connectivity index (χ0v) is 12.5. The molecule has 0 saturated heterocycles. The van der Waals surface area contributed by atoms with Crippen LogP contribution in [0.15, 0.2) is 35.3 Å². The highest BCUT2D eigenvalue weighted by molar-refractivity contribution is 5.81. The van der Waals surface area contributed by atoms with Crippen molar-refractivity contribution in [2.45, 2.75) is 45.2 Å². The Morgan fingerprint density at radius 3 is 2.80 bits per heavy atom. The van der Waals surface area contributed by atoms with Crippen LogP contribution >= 0.6 is 0 Å². The van der Waals surface area contributed by atoms with E-state index in [-0.39, 0.29) is 5.54 Å². The van der Waals surface area contributed by atoms with Crippen molar-refractivity contribution in [2.75, 3.05) is 6.54 Å². The quantitative estimate of drug-likeness (QED) is 0.898. The largest absolute Gasteiger partial charge is 0.370 e. The summed E-state index contributed by atoms with van der Waals surface area (Å²) in [5, 5.41) is 0. The zero-order valence-electron chi connectivity index (χ0n) is 12.5. The average Bonchev–Trinajstić information content (AvgIpc) is 2.76. The van der Waals surface area contributed by atoms with E-state index in [9.17, 15) is 0 Å². The van der Waals surface area contributed by atoms with Crippen molar-refractivity contribution in [3.05, 3.63) is 35.9 Å². The van der Waals surface area contributed by atoms with Gasteiger partial charge in [-0.05, 0) is 23.8 Å². The van der Waals surface area contributed by atoms with E-state index in [0.717, 1.165) is 25.0 Å². The molecule has 0 aromatic heterocycles. The molecule has 0 radical (unpaired) electrons. The molecule has 1 saturated carbocycles. The second kappa shape index (κ2) is 5.12. The van der Waals surface area contributed by atoms with Crippen molar-refractivity contribution >= 4 is 5.96 Å². The van der Waals surface area contributed by atoms with E-state index in [1.54, 1.807) is 0 Å². The number of hydrogen-bond acceptors (Lipinski definition) is 3. The van der Waals surface area contributed by atoms with Crippen LogP contribution in [0.25, 0.3) is 0 Å². The molecule has 0 amide bonds. The molecular formula is C17H25N3. The first kappa shape index (κ1) is 13.5. The third-order valence-electron chi connectivity index (χ3n) is 5.48. The summed E-state index contributed by atoms with van der Waals surface area (Å²) in [5.74, 6) is 2.13. The first-order valence-electron chi connectivity index (χ1n) is 7.75. The fraction of sp³-hybridized carbons (Fsp3) is 0.588. The topological polar surface area (TPSA) is 41.6 Å². The van der Waals surface area contributed by atoms with Crippen molar-refractivity contribution in [1.82, 2.24) is 4.90 Å². The smallest absolute Gasteiger partial charge is 0.192 e. The van der Waals surface area contributed by atoms with Gasteiger partial charge in [-0.25, -0.2) is 0 Å². The molecule has 2 aliphatic rings. The number of guanidine groups is 1. The predicted molar refractivity (Wildman–Crippen MR) is 83.4 cm³/mol. The maximum atomic E-state index is 6.22. The molecule has 3 heteroatoms. The highest BCUT2D eigenvalue weighted by atomic mass is 15.4. The Kier molecular flexibility index (Phi) is 3.45. The highest BCUT2D eigenvalue weighted by Gasteiger charge is 2.49. The van der Waals surface area contributed by atoms with Gasteiger partial charge in [0.1, 0.15) is 0 Å². The van der Waals surface area contributed by atoms with Gasteiger partial charge < -0.3 is 10.6 Å². The number of rotatable bonds is 2. The molecule has 1 aliphatic carbocycles. The SMILES string of the molecule is CC1CCCC2(CN=C(N)N2Cc2ccccc2)C1C. The van der Waals surface area contributed by atoms with Crippen LogP contribution in [0.3, 0.4) is 0 Å².